The van der Waals surface area contributed by atoms with Gasteiger partial charge in [-0.05, 0) is 33.8 Å². The summed E-state index contributed by atoms with van der Waals surface area (Å²) in [6.45, 7) is 6.19. The molecule has 0 aliphatic heterocycles. The van der Waals surface area contributed by atoms with E-state index >= 15 is 0 Å². The second-order valence-electron chi connectivity index (χ2n) is 5.18. The third kappa shape index (κ3) is 3.18. The maximum Gasteiger partial charge on any atom is 0.247 e. The Labute approximate surface area is 106 Å². The van der Waals surface area contributed by atoms with Crippen LogP contribution in [0.4, 0.5) is 0 Å². The fourth-order valence-electron chi connectivity index (χ4n) is 1.08. The van der Waals surface area contributed by atoms with Crippen molar-refractivity contribution in [1.82, 2.24) is 9.71 Å². The number of aromatic amines is 1. The first-order valence-corrected chi connectivity index (χ1v) is 6.89. The average Bonchev–Trinajstić information content (AvgIpc) is 2.14. The molecule has 0 aliphatic carbocycles. The predicted octanol–water partition coefficient (Wildman–Crippen LogP) is 0.203. The van der Waals surface area contributed by atoms with E-state index in [0.29, 0.717) is 0 Å². The lowest BCUT2D eigenvalue weighted by Gasteiger charge is -2.37. The lowest BCUT2D eigenvalue weighted by Crippen LogP contribution is -2.57. The van der Waals surface area contributed by atoms with Crippen LogP contribution in [0, 0.1) is 0 Å². The number of sulfonamides is 1. The molecule has 3 N–H and O–H groups in total. The molecular formula is C11H18N2O4S. The summed E-state index contributed by atoms with van der Waals surface area (Å²) in [6.07, 6.45) is 1.12. The van der Waals surface area contributed by atoms with E-state index in [1.54, 1.807) is 13.8 Å². The summed E-state index contributed by atoms with van der Waals surface area (Å²) in [5, 5.41) is 9.92. The Hall–Kier alpha value is -1.18. The number of aromatic nitrogens is 1. The van der Waals surface area contributed by atoms with Gasteiger partial charge < -0.3 is 10.1 Å². The summed E-state index contributed by atoms with van der Waals surface area (Å²) in [5.74, 6) is 0. The van der Waals surface area contributed by atoms with Crippen molar-refractivity contribution < 1.29 is 13.5 Å². The SMILES string of the molecule is CC(C)(O)C(C)(C)NS(=O)(=O)c1ccc(=O)[nH]c1. The highest BCUT2D eigenvalue weighted by Crippen LogP contribution is 2.23. The van der Waals surface area contributed by atoms with Crippen LogP contribution in [-0.4, -0.2) is 29.6 Å². The summed E-state index contributed by atoms with van der Waals surface area (Å²) >= 11 is 0. The Morgan fingerprint density at radius 1 is 1.22 bits per heavy atom. The van der Waals surface area contributed by atoms with Crippen LogP contribution in [0.5, 0.6) is 0 Å². The maximum absolute atomic E-state index is 12.1. The zero-order valence-electron chi connectivity index (χ0n) is 10.8. The summed E-state index contributed by atoms with van der Waals surface area (Å²) in [6, 6.07) is 2.34. The van der Waals surface area contributed by atoms with Gasteiger partial charge in [-0.1, -0.05) is 0 Å². The van der Waals surface area contributed by atoms with Crippen LogP contribution in [0.1, 0.15) is 27.7 Å². The predicted molar refractivity (Wildman–Crippen MR) is 67.8 cm³/mol. The molecule has 0 saturated carbocycles. The van der Waals surface area contributed by atoms with Crippen LogP contribution < -0.4 is 10.3 Å². The van der Waals surface area contributed by atoms with E-state index in [9.17, 15) is 18.3 Å². The molecule has 0 aliphatic rings. The number of hydrogen-bond donors (Lipinski definition) is 3. The van der Waals surface area contributed by atoms with Gasteiger partial charge in [0.15, 0.2) is 0 Å². The van der Waals surface area contributed by atoms with Crippen molar-refractivity contribution in [2.45, 2.75) is 43.7 Å². The molecule has 7 heteroatoms. The molecular weight excluding hydrogens is 256 g/mol. The quantitative estimate of drug-likeness (QED) is 0.730. The molecule has 18 heavy (non-hydrogen) atoms. The van der Waals surface area contributed by atoms with E-state index in [1.807, 2.05) is 0 Å². The highest BCUT2D eigenvalue weighted by atomic mass is 32.2. The minimum atomic E-state index is -3.80. The van der Waals surface area contributed by atoms with Crippen molar-refractivity contribution in [3.63, 3.8) is 0 Å². The van der Waals surface area contributed by atoms with Crippen molar-refractivity contribution in [2.75, 3.05) is 0 Å². The van der Waals surface area contributed by atoms with Crippen molar-refractivity contribution in [2.24, 2.45) is 0 Å². The summed E-state index contributed by atoms with van der Waals surface area (Å²) in [5.41, 5.74) is -2.67. The number of pyridine rings is 1. The van der Waals surface area contributed by atoms with Gasteiger partial charge in [0.05, 0.1) is 16.0 Å². The monoisotopic (exact) mass is 274 g/mol. The maximum atomic E-state index is 12.1. The molecule has 0 saturated heterocycles. The highest BCUT2D eigenvalue weighted by molar-refractivity contribution is 7.89. The summed E-state index contributed by atoms with van der Waals surface area (Å²) < 4.78 is 26.5. The second-order valence-corrected chi connectivity index (χ2v) is 6.86. The van der Waals surface area contributed by atoms with Gasteiger partial charge in [-0.25, -0.2) is 13.1 Å². The van der Waals surface area contributed by atoms with Crippen LogP contribution >= 0.6 is 0 Å². The van der Waals surface area contributed by atoms with E-state index in [1.165, 1.54) is 19.9 Å². The van der Waals surface area contributed by atoms with Gasteiger partial charge in [0.1, 0.15) is 0 Å². The molecule has 0 amide bonds. The number of hydrogen-bond acceptors (Lipinski definition) is 4. The Balaban J connectivity index is 3.10. The third-order valence-electron chi connectivity index (χ3n) is 2.98. The van der Waals surface area contributed by atoms with E-state index in [-0.39, 0.29) is 10.5 Å². The van der Waals surface area contributed by atoms with Crippen LogP contribution in [0.3, 0.4) is 0 Å². The summed E-state index contributed by atoms with van der Waals surface area (Å²) in [4.78, 5) is 13.1. The number of nitrogens with one attached hydrogen (secondary N) is 2. The zero-order chi connectivity index (χ0) is 14.2. The van der Waals surface area contributed by atoms with Crippen LogP contribution in [0.25, 0.3) is 0 Å². The van der Waals surface area contributed by atoms with Crippen molar-refractivity contribution in [1.29, 1.82) is 0 Å². The molecule has 102 valence electrons. The number of H-pyrrole nitrogens is 1. The van der Waals surface area contributed by atoms with E-state index in [4.69, 9.17) is 0 Å². The Morgan fingerprint density at radius 2 is 1.78 bits per heavy atom. The molecule has 0 fully saturated rings. The van der Waals surface area contributed by atoms with E-state index < -0.39 is 21.2 Å². The van der Waals surface area contributed by atoms with E-state index in [0.717, 1.165) is 12.3 Å². The standard InChI is InChI=1S/C11H18N2O4S/c1-10(2,11(3,4)15)13-18(16,17)8-5-6-9(14)12-7-8/h5-7,13,15H,1-4H3,(H,12,14). The third-order valence-corrected chi connectivity index (χ3v) is 4.64. The summed E-state index contributed by atoms with van der Waals surface area (Å²) in [7, 11) is -3.80. The topological polar surface area (TPSA) is 99.3 Å². The zero-order valence-corrected chi connectivity index (χ0v) is 11.6. The van der Waals surface area contributed by atoms with Crippen molar-refractivity contribution >= 4 is 10.0 Å². The molecule has 1 heterocycles. The van der Waals surface area contributed by atoms with E-state index in [2.05, 4.69) is 9.71 Å². The molecule has 6 nitrogen and oxygen atoms in total. The van der Waals surface area contributed by atoms with Gasteiger partial charge in [0.25, 0.3) is 0 Å². The Kier molecular flexibility index (Phi) is 3.71. The molecule has 1 aromatic rings. The molecule has 1 aromatic heterocycles. The van der Waals surface area contributed by atoms with Gasteiger partial charge in [-0.3, -0.25) is 4.79 Å². The molecule has 0 unspecified atom stereocenters. The fourth-order valence-corrected chi connectivity index (χ4v) is 2.58. The van der Waals surface area contributed by atoms with Gasteiger partial charge in [-0.15, -0.1) is 0 Å². The van der Waals surface area contributed by atoms with Crippen LogP contribution in [-0.2, 0) is 10.0 Å². The lowest BCUT2D eigenvalue weighted by molar-refractivity contribution is 0.00638. The largest absolute Gasteiger partial charge is 0.389 e. The highest BCUT2D eigenvalue weighted by Gasteiger charge is 2.38. The molecule has 0 radical (unpaired) electrons. The first kappa shape index (κ1) is 14.9. The Bertz CT molecular complexity index is 561. The second kappa shape index (κ2) is 4.49. The average molecular weight is 274 g/mol. The fraction of sp³-hybridized carbons (Fsp3) is 0.545. The molecule has 0 aromatic carbocycles. The number of aliphatic hydroxyl groups is 1. The van der Waals surface area contributed by atoms with Crippen LogP contribution in [0.15, 0.2) is 28.0 Å². The van der Waals surface area contributed by atoms with Gasteiger partial charge in [0, 0.05) is 12.3 Å². The molecule has 0 atom stereocenters. The van der Waals surface area contributed by atoms with Gasteiger partial charge >= 0.3 is 0 Å². The Morgan fingerprint density at radius 3 is 2.17 bits per heavy atom. The van der Waals surface area contributed by atoms with Crippen molar-refractivity contribution in [3.8, 4) is 0 Å². The minimum absolute atomic E-state index is 0.0561. The lowest BCUT2D eigenvalue weighted by atomic mass is 9.87. The van der Waals surface area contributed by atoms with Crippen molar-refractivity contribution in [3.05, 3.63) is 28.7 Å². The first-order valence-electron chi connectivity index (χ1n) is 5.41. The van der Waals surface area contributed by atoms with Crippen LogP contribution in [0.2, 0.25) is 0 Å². The molecule has 0 bridgehead atoms. The molecule has 0 spiro atoms. The first-order chi connectivity index (χ1) is 7.96. The normalized spacial score (nSPS) is 13.6. The molecule has 1 rings (SSSR count). The number of rotatable bonds is 4. The van der Waals surface area contributed by atoms with Gasteiger partial charge in [0.2, 0.25) is 15.6 Å². The minimum Gasteiger partial charge on any atom is -0.389 e. The van der Waals surface area contributed by atoms with Gasteiger partial charge in [-0.2, -0.15) is 0 Å². The smallest absolute Gasteiger partial charge is 0.247 e.